The first-order valence-corrected chi connectivity index (χ1v) is 10.1. The zero-order valence-electron chi connectivity index (χ0n) is 16.6. The lowest BCUT2D eigenvalue weighted by atomic mass is 9.95. The first kappa shape index (κ1) is 19.1. The molecule has 5 rings (SSSR count). The Morgan fingerprint density at radius 2 is 1.68 bits per heavy atom. The van der Waals surface area contributed by atoms with Crippen LogP contribution in [0.5, 0.6) is 5.75 Å². The Labute approximate surface area is 178 Å². The average Bonchev–Trinajstić information content (AvgIpc) is 3.33. The fraction of sp³-hybridized carbons (Fsp3) is 0.120. The molecule has 3 aromatic carbocycles. The maximum atomic E-state index is 14.9. The Hall–Kier alpha value is -3.93. The van der Waals surface area contributed by atoms with E-state index in [1.165, 1.54) is 6.07 Å². The molecule has 1 atom stereocenters. The third-order valence-electron chi connectivity index (χ3n) is 5.71. The molecule has 0 fully saturated rings. The summed E-state index contributed by atoms with van der Waals surface area (Å²) in [5, 5.41) is 17.5. The summed E-state index contributed by atoms with van der Waals surface area (Å²) in [6, 6.07) is 22.5. The molecule has 1 unspecified atom stereocenters. The van der Waals surface area contributed by atoms with Crippen LogP contribution in [0.2, 0.25) is 0 Å². The lowest BCUT2D eigenvalue weighted by Crippen LogP contribution is -2.32. The van der Waals surface area contributed by atoms with Crippen LogP contribution >= 0.6 is 0 Å². The number of carbonyl (C=O) groups is 1. The minimum Gasteiger partial charge on any atom is -0.507 e. The second kappa shape index (κ2) is 7.72. The Morgan fingerprint density at radius 1 is 0.968 bits per heavy atom. The van der Waals surface area contributed by atoms with Crippen molar-refractivity contribution in [2.45, 2.75) is 12.5 Å². The monoisotopic (exact) mass is 413 g/mol. The first-order chi connectivity index (χ1) is 15.1. The average molecular weight is 413 g/mol. The Balaban J connectivity index is 1.62. The van der Waals surface area contributed by atoms with Crippen molar-refractivity contribution in [3.63, 3.8) is 0 Å². The Morgan fingerprint density at radius 3 is 2.45 bits per heavy atom. The molecule has 0 bridgehead atoms. The van der Waals surface area contributed by atoms with Crippen molar-refractivity contribution in [2.75, 3.05) is 6.54 Å². The van der Waals surface area contributed by atoms with Gasteiger partial charge in [0.25, 0.3) is 5.91 Å². The highest BCUT2D eigenvalue weighted by Crippen LogP contribution is 2.44. The molecule has 1 amide bonds. The van der Waals surface area contributed by atoms with Gasteiger partial charge in [-0.3, -0.25) is 9.89 Å². The Bertz CT molecular complexity index is 1250. The van der Waals surface area contributed by atoms with Crippen LogP contribution in [-0.4, -0.2) is 32.7 Å². The highest BCUT2D eigenvalue weighted by molar-refractivity contribution is 6.00. The fourth-order valence-electron chi connectivity index (χ4n) is 4.22. The molecule has 31 heavy (non-hydrogen) atoms. The van der Waals surface area contributed by atoms with Crippen molar-refractivity contribution >= 4 is 5.91 Å². The van der Waals surface area contributed by atoms with Gasteiger partial charge in [-0.2, -0.15) is 5.10 Å². The molecular formula is C25H20FN3O2. The first-order valence-electron chi connectivity index (χ1n) is 10.1. The van der Waals surface area contributed by atoms with Crippen molar-refractivity contribution in [1.29, 1.82) is 0 Å². The van der Waals surface area contributed by atoms with Gasteiger partial charge in [-0.1, -0.05) is 60.7 Å². The number of hydrogen-bond acceptors (Lipinski definition) is 3. The smallest absolute Gasteiger partial charge is 0.273 e. The summed E-state index contributed by atoms with van der Waals surface area (Å²) in [6.45, 7) is 0.421. The van der Waals surface area contributed by atoms with Crippen molar-refractivity contribution in [3.8, 4) is 17.0 Å². The van der Waals surface area contributed by atoms with Gasteiger partial charge < -0.3 is 10.0 Å². The van der Waals surface area contributed by atoms with Gasteiger partial charge in [0.05, 0.1) is 6.04 Å². The van der Waals surface area contributed by atoms with E-state index in [1.807, 2.05) is 30.3 Å². The topological polar surface area (TPSA) is 69.2 Å². The second-order valence-electron chi connectivity index (χ2n) is 7.54. The van der Waals surface area contributed by atoms with Crippen LogP contribution in [0.4, 0.5) is 4.39 Å². The summed E-state index contributed by atoms with van der Waals surface area (Å²) in [7, 11) is 0. The van der Waals surface area contributed by atoms with E-state index in [0.29, 0.717) is 41.0 Å². The number of aromatic amines is 1. The summed E-state index contributed by atoms with van der Waals surface area (Å²) in [5.41, 5.74) is 3.37. The third kappa shape index (κ3) is 3.26. The number of nitrogens with one attached hydrogen (secondary N) is 1. The molecule has 0 radical (unpaired) electrons. The number of rotatable bonds is 5. The molecule has 0 spiro atoms. The van der Waals surface area contributed by atoms with E-state index in [0.717, 1.165) is 5.56 Å². The number of amides is 1. The van der Waals surface area contributed by atoms with Crippen LogP contribution in [0.1, 0.15) is 33.2 Å². The molecule has 5 nitrogen and oxygen atoms in total. The fourth-order valence-corrected chi connectivity index (χ4v) is 4.22. The maximum absolute atomic E-state index is 14.9. The summed E-state index contributed by atoms with van der Waals surface area (Å²) in [5.74, 6) is -0.560. The number of hydrogen-bond donors (Lipinski definition) is 2. The molecule has 2 N–H and O–H groups in total. The highest BCUT2D eigenvalue weighted by atomic mass is 19.1. The molecule has 0 saturated heterocycles. The van der Waals surface area contributed by atoms with Gasteiger partial charge in [0, 0.05) is 23.2 Å². The van der Waals surface area contributed by atoms with E-state index < -0.39 is 6.04 Å². The lowest BCUT2D eigenvalue weighted by molar-refractivity contribution is 0.0744. The van der Waals surface area contributed by atoms with E-state index in [4.69, 9.17) is 0 Å². The largest absolute Gasteiger partial charge is 0.507 e. The van der Waals surface area contributed by atoms with Gasteiger partial charge in [0.1, 0.15) is 23.0 Å². The maximum Gasteiger partial charge on any atom is 0.273 e. The number of H-pyrrole nitrogens is 1. The number of carbonyl (C=O) groups excluding carboxylic acids is 1. The minimum absolute atomic E-state index is 0.0549. The predicted molar refractivity (Wildman–Crippen MR) is 115 cm³/mol. The lowest BCUT2D eigenvalue weighted by Gasteiger charge is -2.26. The summed E-state index contributed by atoms with van der Waals surface area (Å²) in [6.07, 6.45) is 0.640. The molecular weight excluding hydrogens is 393 g/mol. The van der Waals surface area contributed by atoms with E-state index in [1.54, 1.807) is 47.4 Å². The molecule has 0 aliphatic carbocycles. The van der Waals surface area contributed by atoms with Crippen LogP contribution in [0.15, 0.2) is 78.9 Å². The minimum atomic E-state index is -0.638. The summed E-state index contributed by atoms with van der Waals surface area (Å²) >= 11 is 0. The number of phenols is 1. The SMILES string of the molecule is O=C1c2[nH]nc(-c3ccccc3O)c2C(c2ccccc2F)N1CCc1ccccc1. The zero-order valence-corrected chi connectivity index (χ0v) is 16.6. The van der Waals surface area contributed by atoms with Crippen molar-refractivity contribution in [1.82, 2.24) is 15.1 Å². The molecule has 0 saturated carbocycles. The third-order valence-corrected chi connectivity index (χ3v) is 5.71. The van der Waals surface area contributed by atoms with Crippen LogP contribution < -0.4 is 0 Å². The molecule has 2 heterocycles. The zero-order chi connectivity index (χ0) is 21.4. The quantitative estimate of drug-likeness (QED) is 0.498. The van der Waals surface area contributed by atoms with Crippen molar-refractivity contribution in [2.24, 2.45) is 0 Å². The summed E-state index contributed by atoms with van der Waals surface area (Å²) < 4.78 is 14.9. The number of phenolic OH excluding ortho intramolecular Hbond substituents is 1. The second-order valence-corrected chi connectivity index (χ2v) is 7.54. The molecule has 1 aliphatic heterocycles. The van der Waals surface area contributed by atoms with Crippen molar-refractivity contribution in [3.05, 3.63) is 107 Å². The molecule has 1 aromatic heterocycles. The highest BCUT2D eigenvalue weighted by Gasteiger charge is 2.43. The molecule has 6 heteroatoms. The number of aromatic hydroxyl groups is 1. The summed E-state index contributed by atoms with van der Waals surface area (Å²) in [4.78, 5) is 15.0. The number of fused-ring (bicyclic) bond motifs is 1. The van der Waals surface area contributed by atoms with Gasteiger partial charge in [0.15, 0.2) is 0 Å². The predicted octanol–water partition coefficient (Wildman–Crippen LogP) is 4.71. The van der Waals surface area contributed by atoms with Crippen LogP contribution in [0.3, 0.4) is 0 Å². The standard InChI is InChI=1S/C25H20FN3O2/c26-19-12-6-4-10-17(19)24-21-22(18-11-5-7-13-20(18)30)27-28-23(21)25(31)29(24)15-14-16-8-2-1-3-9-16/h1-13,24,30H,14-15H2,(H,27,28). The number of halogens is 1. The van der Waals surface area contributed by atoms with E-state index >= 15 is 0 Å². The number of benzene rings is 3. The molecule has 4 aromatic rings. The Kier molecular flexibility index (Phi) is 4.75. The van der Waals surface area contributed by atoms with Gasteiger partial charge in [-0.15, -0.1) is 0 Å². The van der Waals surface area contributed by atoms with E-state index in [9.17, 15) is 14.3 Å². The van der Waals surface area contributed by atoms with E-state index in [-0.39, 0.29) is 17.5 Å². The molecule has 154 valence electrons. The normalized spacial score (nSPS) is 15.3. The number of aromatic nitrogens is 2. The van der Waals surface area contributed by atoms with Gasteiger partial charge in [-0.05, 0) is 30.2 Å². The van der Waals surface area contributed by atoms with Crippen LogP contribution in [0.25, 0.3) is 11.3 Å². The van der Waals surface area contributed by atoms with E-state index in [2.05, 4.69) is 10.2 Å². The van der Waals surface area contributed by atoms with Gasteiger partial charge in [0.2, 0.25) is 0 Å². The van der Waals surface area contributed by atoms with Crippen LogP contribution in [0, 0.1) is 5.82 Å². The van der Waals surface area contributed by atoms with Crippen LogP contribution in [-0.2, 0) is 6.42 Å². The van der Waals surface area contributed by atoms with Gasteiger partial charge >= 0.3 is 0 Å². The van der Waals surface area contributed by atoms with Gasteiger partial charge in [-0.25, -0.2) is 4.39 Å². The number of para-hydroxylation sites is 1. The van der Waals surface area contributed by atoms with Crippen molar-refractivity contribution < 1.29 is 14.3 Å². The number of nitrogens with zero attached hydrogens (tertiary/aromatic N) is 2. The molecule has 1 aliphatic rings.